The number of carbonyl (C=O) groups excluding carboxylic acids is 1. The van der Waals surface area contributed by atoms with E-state index in [1.54, 1.807) is 6.08 Å². The minimum Gasteiger partial charge on any atom is -0.406 e. The number of anilines is 1. The molecule has 0 fully saturated rings. The van der Waals surface area contributed by atoms with Crippen LogP contribution in [0.3, 0.4) is 0 Å². The first-order valence-corrected chi connectivity index (χ1v) is 6.49. The van der Waals surface area contributed by atoms with Gasteiger partial charge in [0.1, 0.15) is 5.75 Å². The van der Waals surface area contributed by atoms with Gasteiger partial charge in [-0.15, -0.1) is 13.2 Å². The monoisotopic (exact) mass is 299 g/mol. The van der Waals surface area contributed by atoms with Crippen LogP contribution in [0, 0.1) is 5.41 Å². The van der Waals surface area contributed by atoms with Gasteiger partial charge in [0.2, 0.25) is 0 Å². The smallest absolute Gasteiger partial charge is 0.406 e. The van der Waals surface area contributed by atoms with Crippen molar-refractivity contribution in [1.82, 2.24) is 0 Å². The fourth-order valence-corrected chi connectivity index (χ4v) is 2.35. The summed E-state index contributed by atoms with van der Waals surface area (Å²) >= 11 is 0. The van der Waals surface area contributed by atoms with E-state index in [-0.39, 0.29) is 16.9 Å². The van der Waals surface area contributed by atoms with Crippen LogP contribution in [0.1, 0.15) is 26.7 Å². The Kier molecular flexibility index (Phi) is 3.98. The number of benzene rings is 1. The van der Waals surface area contributed by atoms with E-state index in [1.165, 1.54) is 24.3 Å². The maximum absolute atomic E-state index is 12.1. The highest BCUT2D eigenvalue weighted by Gasteiger charge is 2.31. The third-order valence-electron chi connectivity index (χ3n) is 3.05. The molecule has 1 N–H and O–H groups in total. The van der Waals surface area contributed by atoms with Gasteiger partial charge >= 0.3 is 6.36 Å². The van der Waals surface area contributed by atoms with E-state index in [4.69, 9.17) is 0 Å². The molecule has 1 aromatic carbocycles. The Morgan fingerprint density at radius 2 is 1.76 bits per heavy atom. The van der Waals surface area contributed by atoms with Gasteiger partial charge in [-0.25, -0.2) is 0 Å². The summed E-state index contributed by atoms with van der Waals surface area (Å²) in [6, 6.07) is 5.42. The van der Waals surface area contributed by atoms with Crippen LogP contribution in [0.15, 0.2) is 36.0 Å². The fourth-order valence-electron chi connectivity index (χ4n) is 2.35. The number of carbonyl (C=O) groups is 1. The predicted octanol–water partition coefficient (Wildman–Crippen LogP) is 4.27. The maximum Gasteiger partial charge on any atom is 0.573 e. The van der Waals surface area contributed by atoms with Crippen LogP contribution in [0.4, 0.5) is 18.9 Å². The van der Waals surface area contributed by atoms with E-state index in [0.717, 1.165) is 5.70 Å². The Bertz CT molecular complexity index is 559. The molecule has 0 saturated heterocycles. The number of ether oxygens (including phenoxy) is 1. The second-order valence-corrected chi connectivity index (χ2v) is 5.85. The predicted molar refractivity (Wildman–Crippen MR) is 72.9 cm³/mol. The highest BCUT2D eigenvalue weighted by atomic mass is 19.4. The number of nitrogens with one attached hydrogen (secondary N) is 1. The molecule has 0 heterocycles. The molecule has 0 saturated carbocycles. The van der Waals surface area contributed by atoms with E-state index < -0.39 is 6.36 Å². The number of alkyl halides is 3. The molecule has 0 aliphatic heterocycles. The van der Waals surface area contributed by atoms with Gasteiger partial charge in [-0.05, 0) is 36.1 Å². The van der Waals surface area contributed by atoms with E-state index in [0.29, 0.717) is 18.5 Å². The third-order valence-corrected chi connectivity index (χ3v) is 3.05. The molecule has 0 amide bonds. The Morgan fingerprint density at radius 3 is 2.29 bits per heavy atom. The zero-order chi connectivity index (χ0) is 15.7. The van der Waals surface area contributed by atoms with Gasteiger partial charge in [-0.3, -0.25) is 4.79 Å². The lowest BCUT2D eigenvalue weighted by Gasteiger charge is -2.29. The minimum atomic E-state index is -4.70. The van der Waals surface area contributed by atoms with Crippen LogP contribution in [-0.4, -0.2) is 12.1 Å². The summed E-state index contributed by atoms with van der Waals surface area (Å²) < 4.78 is 40.0. The topological polar surface area (TPSA) is 38.3 Å². The molecule has 0 aromatic heterocycles. The normalized spacial score (nSPS) is 18.1. The van der Waals surface area contributed by atoms with Crippen molar-refractivity contribution in [3.8, 4) is 5.75 Å². The zero-order valence-corrected chi connectivity index (χ0v) is 11.8. The molecule has 0 atom stereocenters. The van der Waals surface area contributed by atoms with Gasteiger partial charge in [0.15, 0.2) is 5.78 Å². The Morgan fingerprint density at radius 1 is 1.14 bits per heavy atom. The van der Waals surface area contributed by atoms with Crippen LogP contribution in [-0.2, 0) is 4.79 Å². The lowest BCUT2D eigenvalue weighted by Crippen LogP contribution is -2.24. The molecular formula is C15H16F3NO2. The summed E-state index contributed by atoms with van der Waals surface area (Å²) in [6.45, 7) is 4.00. The quantitative estimate of drug-likeness (QED) is 0.905. The molecule has 1 aromatic rings. The van der Waals surface area contributed by atoms with Crippen LogP contribution < -0.4 is 10.1 Å². The number of hydrogen-bond donors (Lipinski definition) is 1. The first-order valence-electron chi connectivity index (χ1n) is 6.49. The SMILES string of the molecule is CC1(C)CC(=O)C=C(Nc2ccc(OC(F)(F)F)cc2)C1. The lowest BCUT2D eigenvalue weighted by molar-refractivity contribution is -0.274. The van der Waals surface area contributed by atoms with Crippen molar-refractivity contribution in [2.45, 2.75) is 33.1 Å². The summed E-state index contributed by atoms with van der Waals surface area (Å²) in [4.78, 5) is 11.6. The van der Waals surface area contributed by atoms with Gasteiger partial charge in [-0.2, -0.15) is 0 Å². The highest BCUT2D eigenvalue weighted by Crippen LogP contribution is 2.34. The van der Waals surface area contributed by atoms with Crippen LogP contribution >= 0.6 is 0 Å². The summed E-state index contributed by atoms with van der Waals surface area (Å²) in [5, 5.41) is 3.06. The molecule has 114 valence electrons. The molecule has 6 heteroatoms. The van der Waals surface area contributed by atoms with Gasteiger partial charge < -0.3 is 10.1 Å². The van der Waals surface area contributed by atoms with Crippen molar-refractivity contribution in [1.29, 1.82) is 0 Å². The first kappa shape index (κ1) is 15.4. The molecule has 21 heavy (non-hydrogen) atoms. The van der Waals surface area contributed by atoms with Crippen molar-refractivity contribution >= 4 is 11.5 Å². The molecular weight excluding hydrogens is 283 g/mol. The molecule has 0 bridgehead atoms. The average Bonchev–Trinajstić information content (AvgIpc) is 2.27. The Labute approximate surface area is 120 Å². The van der Waals surface area contributed by atoms with E-state index in [1.807, 2.05) is 13.8 Å². The standard InChI is InChI=1S/C15H16F3NO2/c1-14(2)8-11(7-12(20)9-14)19-10-3-5-13(6-4-10)21-15(16,17)18/h3-7,19H,8-9H2,1-2H3. The molecule has 0 radical (unpaired) electrons. The van der Waals surface area contributed by atoms with Gasteiger partial charge in [0.05, 0.1) is 0 Å². The maximum atomic E-state index is 12.1. The number of hydrogen-bond acceptors (Lipinski definition) is 3. The van der Waals surface area contributed by atoms with Crippen LogP contribution in [0.25, 0.3) is 0 Å². The van der Waals surface area contributed by atoms with Gasteiger partial charge in [0, 0.05) is 23.9 Å². The molecule has 1 aliphatic carbocycles. The van der Waals surface area contributed by atoms with E-state index in [9.17, 15) is 18.0 Å². The van der Waals surface area contributed by atoms with Crippen molar-refractivity contribution in [3.63, 3.8) is 0 Å². The molecule has 3 nitrogen and oxygen atoms in total. The fraction of sp³-hybridized carbons (Fsp3) is 0.400. The second-order valence-electron chi connectivity index (χ2n) is 5.85. The van der Waals surface area contributed by atoms with Crippen LogP contribution in [0.2, 0.25) is 0 Å². The third kappa shape index (κ3) is 4.81. The zero-order valence-electron chi connectivity index (χ0n) is 11.8. The first-order chi connectivity index (χ1) is 9.63. The summed E-state index contributed by atoms with van der Waals surface area (Å²) in [5.41, 5.74) is 1.26. The lowest BCUT2D eigenvalue weighted by atomic mass is 9.79. The molecule has 0 spiro atoms. The largest absolute Gasteiger partial charge is 0.573 e. The van der Waals surface area contributed by atoms with Gasteiger partial charge in [0.25, 0.3) is 0 Å². The van der Waals surface area contributed by atoms with Gasteiger partial charge in [-0.1, -0.05) is 13.8 Å². The number of halogens is 3. The summed E-state index contributed by atoms with van der Waals surface area (Å²) in [6.07, 6.45) is -1.95. The molecule has 1 aliphatic rings. The van der Waals surface area contributed by atoms with Crippen molar-refractivity contribution < 1.29 is 22.7 Å². The average molecular weight is 299 g/mol. The van der Waals surface area contributed by atoms with Crippen LogP contribution in [0.5, 0.6) is 5.75 Å². The summed E-state index contributed by atoms with van der Waals surface area (Å²) in [5.74, 6) is -0.229. The molecule has 0 unspecified atom stereocenters. The number of allylic oxidation sites excluding steroid dienone is 2. The minimum absolute atomic E-state index is 0.0470. The van der Waals surface area contributed by atoms with Crippen molar-refractivity contribution in [3.05, 3.63) is 36.0 Å². The van der Waals surface area contributed by atoms with Crippen molar-refractivity contribution in [2.24, 2.45) is 5.41 Å². The summed E-state index contributed by atoms with van der Waals surface area (Å²) in [7, 11) is 0. The number of ketones is 1. The number of rotatable bonds is 3. The Hall–Kier alpha value is -1.98. The molecule has 2 rings (SSSR count). The highest BCUT2D eigenvalue weighted by molar-refractivity contribution is 5.92. The van der Waals surface area contributed by atoms with E-state index >= 15 is 0 Å². The van der Waals surface area contributed by atoms with E-state index in [2.05, 4.69) is 10.1 Å². The van der Waals surface area contributed by atoms with Crippen molar-refractivity contribution in [2.75, 3.05) is 5.32 Å². The Balaban J connectivity index is 2.05. The second kappa shape index (κ2) is 5.42.